The van der Waals surface area contributed by atoms with E-state index in [2.05, 4.69) is 42.0 Å². The number of benzene rings is 3. The maximum atomic E-state index is 12.3. The first kappa shape index (κ1) is 21.9. The highest BCUT2D eigenvalue weighted by Gasteiger charge is 2.15. The maximum Gasteiger partial charge on any atom is 0.262 e. The highest BCUT2D eigenvalue weighted by molar-refractivity contribution is 9.10. The SMILES string of the molecule is CC(C)(C)c1ccc(OCC(=O)Nc2cccc(OCc3ccccc3)c2)c(Br)c1. The van der Waals surface area contributed by atoms with Crippen molar-refractivity contribution >= 4 is 27.5 Å². The molecule has 3 aromatic rings. The Bertz CT molecular complexity index is 997. The quantitative estimate of drug-likeness (QED) is 0.440. The molecule has 0 heterocycles. The predicted octanol–water partition coefficient (Wildman–Crippen LogP) is 6.34. The molecule has 0 radical (unpaired) electrons. The molecule has 30 heavy (non-hydrogen) atoms. The lowest BCUT2D eigenvalue weighted by molar-refractivity contribution is -0.118. The third-order valence-corrected chi connectivity index (χ3v) is 5.14. The summed E-state index contributed by atoms with van der Waals surface area (Å²) in [5.74, 6) is 1.10. The second kappa shape index (κ2) is 9.81. The van der Waals surface area contributed by atoms with Gasteiger partial charge in [0.25, 0.3) is 5.91 Å². The van der Waals surface area contributed by atoms with Gasteiger partial charge in [0.1, 0.15) is 18.1 Å². The molecule has 3 aromatic carbocycles. The number of ether oxygens (including phenoxy) is 2. The molecule has 0 aliphatic heterocycles. The standard InChI is InChI=1S/C25H26BrNO3/c1-25(2,3)19-12-13-23(22(26)14-19)30-17-24(28)27-20-10-7-11-21(15-20)29-16-18-8-5-4-6-9-18/h4-15H,16-17H2,1-3H3,(H,27,28). The minimum atomic E-state index is -0.234. The number of nitrogens with one attached hydrogen (secondary N) is 1. The van der Waals surface area contributed by atoms with Gasteiger partial charge in [-0.2, -0.15) is 0 Å². The van der Waals surface area contributed by atoms with Crippen LogP contribution < -0.4 is 14.8 Å². The van der Waals surface area contributed by atoms with Crippen LogP contribution in [0.4, 0.5) is 5.69 Å². The smallest absolute Gasteiger partial charge is 0.262 e. The van der Waals surface area contributed by atoms with E-state index in [1.807, 2.05) is 66.7 Å². The van der Waals surface area contributed by atoms with Gasteiger partial charge >= 0.3 is 0 Å². The molecule has 0 unspecified atom stereocenters. The van der Waals surface area contributed by atoms with Crippen LogP contribution in [0.1, 0.15) is 31.9 Å². The third kappa shape index (κ3) is 6.36. The topological polar surface area (TPSA) is 47.6 Å². The van der Waals surface area contributed by atoms with Crippen LogP contribution in [-0.2, 0) is 16.8 Å². The van der Waals surface area contributed by atoms with Gasteiger partial charge in [0.2, 0.25) is 0 Å². The Morgan fingerprint density at radius 1 is 0.933 bits per heavy atom. The van der Waals surface area contributed by atoms with Crippen molar-refractivity contribution in [3.05, 3.63) is 88.4 Å². The van der Waals surface area contributed by atoms with Crippen LogP contribution in [0.2, 0.25) is 0 Å². The summed E-state index contributed by atoms with van der Waals surface area (Å²) in [6.07, 6.45) is 0. The minimum absolute atomic E-state index is 0.0476. The number of hydrogen-bond donors (Lipinski definition) is 1. The molecule has 5 heteroatoms. The Balaban J connectivity index is 1.54. The van der Waals surface area contributed by atoms with Gasteiger partial charge in [-0.3, -0.25) is 4.79 Å². The Morgan fingerprint density at radius 2 is 1.70 bits per heavy atom. The summed E-state index contributed by atoms with van der Waals surface area (Å²) in [6, 6.07) is 23.2. The average molecular weight is 468 g/mol. The predicted molar refractivity (Wildman–Crippen MR) is 124 cm³/mol. The molecule has 0 saturated heterocycles. The summed E-state index contributed by atoms with van der Waals surface area (Å²) in [7, 11) is 0. The van der Waals surface area contributed by atoms with Crippen LogP contribution in [0, 0.1) is 0 Å². The molecule has 0 fully saturated rings. The second-order valence-electron chi connectivity index (χ2n) is 8.03. The number of rotatable bonds is 7. The lowest BCUT2D eigenvalue weighted by Gasteiger charge is -2.20. The summed E-state index contributed by atoms with van der Waals surface area (Å²) >= 11 is 3.53. The Kier molecular flexibility index (Phi) is 7.16. The number of hydrogen-bond acceptors (Lipinski definition) is 3. The van der Waals surface area contributed by atoms with Crippen molar-refractivity contribution in [1.82, 2.24) is 0 Å². The van der Waals surface area contributed by atoms with Crippen molar-refractivity contribution in [3.8, 4) is 11.5 Å². The van der Waals surface area contributed by atoms with Gasteiger partial charge in [-0.05, 0) is 56.7 Å². The molecule has 0 aromatic heterocycles. The molecule has 0 aliphatic carbocycles. The van der Waals surface area contributed by atoms with Crippen LogP contribution in [0.15, 0.2) is 77.3 Å². The first-order chi connectivity index (χ1) is 14.3. The van der Waals surface area contributed by atoms with Crippen LogP contribution in [0.5, 0.6) is 11.5 Å². The number of carbonyl (C=O) groups is 1. The fourth-order valence-corrected chi connectivity index (χ4v) is 3.32. The zero-order chi connectivity index (χ0) is 21.6. The van der Waals surface area contributed by atoms with Crippen molar-refractivity contribution < 1.29 is 14.3 Å². The molecule has 3 rings (SSSR count). The van der Waals surface area contributed by atoms with E-state index in [1.54, 1.807) is 6.07 Å². The zero-order valence-electron chi connectivity index (χ0n) is 17.4. The second-order valence-corrected chi connectivity index (χ2v) is 8.89. The van der Waals surface area contributed by atoms with E-state index in [0.29, 0.717) is 23.8 Å². The van der Waals surface area contributed by atoms with Crippen molar-refractivity contribution in [2.24, 2.45) is 0 Å². The summed E-state index contributed by atoms with van der Waals surface area (Å²) in [6.45, 7) is 6.85. The third-order valence-electron chi connectivity index (χ3n) is 4.52. The number of halogens is 1. The van der Waals surface area contributed by atoms with Crippen molar-refractivity contribution in [2.45, 2.75) is 32.8 Å². The lowest BCUT2D eigenvalue weighted by atomic mass is 9.87. The van der Waals surface area contributed by atoms with Gasteiger partial charge in [0, 0.05) is 11.8 Å². The fraction of sp³-hybridized carbons (Fsp3) is 0.240. The van der Waals surface area contributed by atoms with Gasteiger partial charge in [0.15, 0.2) is 6.61 Å². The highest BCUT2D eigenvalue weighted by Crippen LogP contribution is 2.31. The molecular formula is C25H26BrNO3. The number of amides is 1. The van der Waals surface area contributed by atoms with Crippen LogP contribution in [0.25, 0.3) is 0 Å². The first-order valence-electron chi connectivity index (χ1n) is 9.81. The summed E-state index contributed by atoms with van der Waals surface area (Å²) in [4.78, 5) is 12.3. The largest absolute Gasteiger partial charge is 0.489 e. The molecule has 0 atom stereocenters. The Hall–Kier alpha value is -2.79. The van der Waals surface area contributed by atoms with Crippen molar-refractivity contribution in [1.29, 1.82) is 0 Å². The summed E-state index contributed by atoms with van der Waals surface area (Å²) in [5.41, 5.74) is 2.99. The summed E-state index contributed by atoms with van der Waals surface area (Å²) < 4.78 is 12.3. The van der Waals surface area contributed by atoms with Crippen LogP contribution >= 0.6 is 15.9 Å². The lowest BCUT2D eigenvalue weighted by Crippen LogP contribution is -2.20. The Morgan fingerprint density at radius 3 is 2.40 bits per heavy atom. The first-order valence-corrected chi connectivity index (χ1v) is 10.6. The average Bonchev–Trinajstić information content (AvgIpc) is 2.72. The van der Waals surface area contributed by atoms with Crippen LogP contribution in [0.3, 0.4) is 0 Å². The molecule has 156 valence electrons. The van der Waals surface area contributed by atoms with E-state index in [-0.39, 0.29) is 17.9 Å². The molecule has 0 saturated carbocycles. The maximum absolute atomic E-state index is 12.3. The van der Waals surface area contributed by atoms with E-state index in [1.165, 1.54) is 5.56 Å². The number of anilines is 1. The van der Waals surface area contributed by atoms with Gasteiger partial charge in [0.05, 0.1) is 4.47 Å². The monoisotopic (exact) mass is 467 g/mol. The van der Waals surface area contributed by atoms with E-state index in [0.717, 1.165) is 10.0 Å². The molecule has 1 N–H and O–H groups in total. The Labute approximate surface area is 186 Å². The van der Waals surface area contributed by atoms with Crippen molar-refractivity contribution in [2.75, 3.05) is 11.9 Å². The van der Waals surface area contributed by atoms with E-state index < -0.39 is 0 Å². The molecular weight excluding hydrogens is 442 g/mol. The molecule has 0 bridgehead atoms. The molecule has 0 aliphatic rings. The van der Waals surface area contributed by atoms with Gasteiger partial charge in [-0.15, -0.1) is 0 Å². The fourth-order valence-electron chi connectivity index (χ4n) is 2.83. The highest BCUT2D eigenvalue weighted by atomic mass is 79.9. The van der Waals surface area contributed by atoms with Gasteiger partial charge in [-0.25, -0.2) is 0 Å². The summed E-state index contributed by atoms with van der Waals surface area (Å²) in [5, 5.41) is 2.85. The normalized spacial score (nSPS) is 11.1. The molecule has 1 amide bonds. The van der Waals surface area contributed by atoms with Crippen LogP contribution in [-0.4, -0.2) is 12.5 Å². The number of carbonyl (C=O) groups excluding carboxylic acids is 1. The minimum Gasteiger partial charge on any atom is -0.489 e. The van der Waals surface area contributed by atoms with E-state index in [9.17, 15) is 4.79 Å². The van der Waals surface area contributed by atoms with E-state index in [4.69, 9.17) is 9.47 Å². The van der Waals surface area contributed by atoms with Gasteiger partial charge in [-0.1, -0.05) is 63.2 Å². The van der Waals surface area contributed by atoms with Crippen molar-refractivity contribution in [3.63, 3.8) is 0 Å². The van der Waals surface area contributed by atoms with E-state index >= 15 is 0 Å². The molecule has 0 spiro atoms. The van der Waals surface area contributed by atoms with Gasteiger partial charge < -0.3 is 14.8 Å². The molecule has 4 nitrogen and oxygen atoms in total. The zero-order valence-corrected chi connectivity index (χ0v) is 19.0.